The van der Waals surface area contributed by atoms with Crippen LogP contribution >= 0.6 is 23.1 Å². The van der Waals surface area contributed by atoms with Crippen molar-refractivity contribution in [2.24, 2.45) is 0 Å². The number of aromatic nitrogens is 1. The quantitative estimate of drug-likeness (QED) is 0.909. The summed E-state index contributed by atoms with van der Waals surface area (Å²) in [6, 6.07) is 10.2. The number of nitrogens with zero attached hydrogens (tertiary/aromatic N) is 1. The van der Waals surface area contributed by atoms with Crippen LogP contribution in [0.3, 0.4) is 0 Å². The van der Waals surface area contributed by atoms with Gasteiger partial charge in [0.25, 0.3) is 0 Å². The number of amides is 1. The number of carbonyl (C=O) groups excluding carboxylic acids is 1. The number of anilines is 1. The van der Waals surface area contributed by atoms with E-state index in [0.717, 1.165) is 23.7 Å². The molecule has 0 saturated heterocycles. The highest BCUT2D eigenvalue weighted by Gasteiger charge is 2.16. The normalized spacial score (nSPS) is 13.7. The van der Waals surface area contributed by atoms with Crippen molar-refractivity contribution in [3.05, 3.63) is 46.5 Å². The van der Waals surface area contributed by atoms with E-state index in [0.29, 0.717) is 5.75 Å². The Kier molecular flexibility index (Phi) is 4.93. The highest BCUT2D eigenvalue weighted by atomic mass is 32.2. The molecule has 0 atom stereocenters. The van der Waals surface area contributed by atoms with Crippen LogP contribution in [0.5, 0.6) is 0 Å². The lowest BCUT2D eigenvalue weighted by Crippen LogP contribution is -2.14. The monoisotopic (exact) mass is 318 g/mol. The first-order chi connectivity index (χ1) is 10.3. The molecular weight excluding hydrogens is 300 g/mol. The van der Waals surface area contributed by atoms with Gasteiger partial charge in [-0.3, -0.25) is 4.79 Å². The standard InChI is InChI=1S/C16H18N2OS2/c19-15(11-20-10-12-6-2-1-3-7-12)18-16-17-13-8-4-5-9-14(13)21-16/h1-3,6-7H,4-5,8-11H2,(H,17,18,19). The molecule has 1 aromatic carbocycles. The molecule has 0 spiro atoms. The maximum absolute atomic E-state index is 12.0. The number of rotatable bonds is 5. The van der Waals surface area contributed by atoms with Crippen LogP contribution in [0.4, 0.5) is 5.13 Å². The van der Waals surface area contributed by atoms with Gasteiger partial charge in [0.15, 0.2) is 5.13 Å². The molecule has 0 fully saturated rings. The van der Waals surface area contributed by atoms with Crippen LogP contribution in [0.25, 0.3) is 0 Å². The van der Waals surface area contributed by atoms with E-state index in [1.165, 1.54) is 29.0 Å². The Hall–Kier alpha value is -1.33. The summed E-state index contributed by atoms with van der Waals surface area (Å²) in [6.07, 6.45) is 4.64. The predicted octanol–water partition coefficient (Wildman–Crippen LogP) is 3.89. The summed E-state index contributed by atoms with van der Waals surface area (Å²) in [5.41, 5.74) is 2.44. The molecule has 0 saturated carbocycles. The van der Waals surface area contributed by atoms with Crippen LogP contribution < -0.4 is 5.32 Å². The predicted molar refractivity (Wildman–Crippen MR) is 90.0 cm³/mol. The largest absolute Gasteiger partial charge is 0.301 e. The molecular formula is C16H18N2OS2. The molecule has 0 aliphatic heterocycles. The Balaban J connectivity index is 1.47. The summed E-state index contributed by atoms with van der Waals surface area (Å²) in [5.74, 6) is 1.38. The van der Waals surface area contributed by atoms with Gasteiger partial charge in [0, 0.05) is 10.6 Å². The topological polar surface area (TPSA) is 42.0 Å². The average molecular weight is 318 g/mol. The smallest absolute Gasteiger partial charge is 0.236 e. The first-order valence-corrected chi connectivity index (χ1v) is 9.18. The second kappa shape index (κ2) is 7.09. The number of hydrogen-bond donors (Lipinski definition) is 1. The molecule has 21 heavy (non-hydrogen) atoms. The van der Waals surface area contributed by atoms with Crippen molar-refractivity contribution in [3.8, 4) is 0 Å². The molecule has 110 valence electrons. The Morgan fingerprint density at radius 3 is 2.86 bits per heavy atom. The van der Waals surface area contributed by atoms with Crippen LogP contribution in [-0.4, -0.2) is 16.6 Å². The Bertz CT molecular complexity index is 586. The van der Waals surface area contributed by atoms with Crippen LogP contribution in [-0.2, 0) is 23.4 Å². The van der Waals surface area contributed by atoms with Gasteiger partial charge in [-0.2, -0.15) is 0 Å². The van der Waals surface area contributed by atoms with Gasteiger partial charge in [0.1, 0.15) is 0 Å². The molecule has 2 aromatic rings. The molecule has 1 heterocycles. The fraction of sp³-hybridized carbons (Fsp3) is 0.375. The van der Waals surface area contributed by atoms with Gasteiger partial charge in [-0.1, -0.05) is 30.3 Å². The zero-order valence-electron chi connectivity index (χ0n) is 11.8. The van der Waals surface area contributed by atoms with Crippen LogP contribution in [0, 0.1) is 0 Å². The number of fused-ring (bicyclic) bond motifs is 1. The maximum atomic E-state index is 12.0. The highest BCUT2D eigenvalue weighted by molar-refractivity contribution is 7.99. The lowest BCUT2D eigenvalue weighted by molar-refractivity contribution is -0.113. The van der Waals surface area contributed by atoms with Gasteiger partial charge >= 0.3 is 0 Å². The maximum Gasteiger partial charge on any atom is 0.236 e. The van der Waals surface area contributed by atoms with Gasteiger partial charge in [-0.05, 0) is 31.2 Å². The molecule has 1 N–H and O–H groups in total. The van der Waals surface area contributed by atoms with E-state index in [1.54, 1.807) is 23.1 Å². The first kappa shape index (κ1) is 14.6. The number of aryl methyl sites for hydroxylation is 2. The molecule has 1 aliphatic carbocycles. The van der Waals surface area contributed by atoms with E-state index >= 15 is 0 Å². The van der Waals surface area contributed by atoms with Gasteiger partial charge in [-0.25, -0.2) is 4.98 Å². The third-order valence-electron chi connectivity index (χ3n) is 3.44. The summed E-state index contributed by atoms with van der Waals surface area (Å²) in [5, 5.41) is 3.70. The van der Waals surface area contributed by atoms with E-state index in [2.05, 4.69) is 22.4 Å². The number of thiazole rings is 1. The van der Waals surface area contributed by atoms with Crippen molar-refractivity contribution < 1.29 is 4.79 Å². The lowest BCUT2D eigenvalue weighted by Gasteiger charge is -2.06. The summed E-state index contributed by atoms with van der Waals surface area (Å²) < 4.78 is 0. The molecule has 1 aromatic heterocycles. The Labute approximate surface area is 133 Å². The molecule has 3 rings (SSSR count). The van der Waals surface area contributed by atoms with E-state index in [9.17, 15) is 4.79 Å². The number of hydrogen-bond acceptors (Lipinski definition) is 4. The lowest BCUT2D eigenvalue weighted by atomic mass is 10.0. The minimum Gasteiger partial charge on any atom is -0.301 e. The molecule has 0 bridgehead atoms. The van der Waals surface area contributed by atoms with Gasteiger partial charge in [-0.15, -0.1) is 23.1 Å². The van der Waals surface area contributed by atoms with E-state index in [-0.39, 0.29) is 5.91 Å². The third-order valence-corrected chi connectivity index (χ3v) is 5.51. The zero-order chi connectivity index (χ0) is 14.5. The van der Waals surface area contributed by atoms with Crippen molar-refractivity contribution in [2.75, 3.05) is 11.1 Å². The van der Waals surface area contributed by atoms with Crippen molar-refractivity contribution in [1.29, 1.82) is 0 Å². The number of nitrogens with one attached hydrogen (secondary N) is 1. The van der Waals surface area contributed by atoms with Crippen molar-refractivity contribution in [2.45, 2.75) is 31.4 Å². The fourth-order valence-electron chi connectivity index (χ4n) is 2.40. The second-order valence-electron chi connectivity index (χ2n) is 5.12. The van der Waals surface area contributed by atoms with E-state index < -0.39 is 0 Å². The molecule has 1 amide bonds. The zero-order valence-corrected chi connectivity index (χ0v) is 13.4. The molecule has 5 heteroatoms. The van der Waals surface area contributed by atoms with Crippen molar-refractivity contribution in [1.82, 2.24) is 4.98 Å². The van der Waals surface area contributed by atoms with Gasteiger partial charge < -0.3 is 5.32 Å². The minimum absolute atomic E-state index is 0.0435. The van der Waals surface area contributed by atoms with Crippen molar-refractivity contribution >= 4 is 34.1 Å². The average Bonchev–Trinajstić information content (AvgIpc) is 2.90. The molecule has 0 unspecified atom stereocenters. The number of thioether (sulfide) groups is 1. The Morgan fingerprint density at radius 1 is 1.24 bits per heavy atom. The number of benzene rings is 1. The van der Waals surface area contributed by atoms with Crippen LogP contribution in [0.2, 0.25) is 0 Å². The van der Waals surface area contributed by atoms with Crippen LogP contribution in [0.15, 0.2) is 30.3 Å². The molecule has 0 radical (unpaired) electrons. The van der Waals surface area contributed by atoms with E-state index in [1.807, 2.05) is 18.2 Å². The first-order valence-electron chi connectivity index (χ1n) is 7.21. The SMILES string of the molecule is O=C(CSCc1ccccc1)Nc1nc2c(s1)CCCC2. The van der Waals surface area contributed by atoms with Gasteiger partial charge in [0.2, 0.25) is 5.91 Å². The summed E-state index contributed by atoms with van der Waals surface area (Å²) >= 11 is 3.27. The highest BCUT2D eigenvalue weighted by Crippen LogP contribution is 2.29. The summed E-state index contributed by atoms with van der Waals surface area (Å²) in [6.45, 7) is 0. The summed E-state index contributed by atoms with van der Waals surface area (Å²) in [4.78, 5) is 17.8. The Morgan fingerprint density at radius 2 is 2.05 bits per heavy atom. The number of carbonyl (C=O) groups is 1. The third kappa shape index (κ3) is 4.08. The van der Waals surface area contributed by atoms with Gasteiger partial charge in [0.05, 0.1) is 11.4 Å². The summed E-state index contributed by atoms with van der Waals surface area (Å²) in [7, 11) is 0. The molecule has 3 nitrogen and oxygen atoms in total. The second-order valence-corrected chi connectivity index (χ2v) is 7.19. The fourth-order valence-corrected chi connectivity index (χ4v) is 4.25. The van der Waals surface area contributed by atoms with E-state index in [4.69, 9.17) is 0 Å². The van der Waals surface area contributed by atoms with Crippen LogP contribution in [0.1, 0.15) is 29.0 Å². The molecule has 1 aliphatic rings. The minimum atomic E-state index is 0.0435. The van der Waals surface area contributed by atoms with Crippen molar-refractivity contribution in [3.63, 3.8) is 0 Å².